The largest absolute Gasteiger partial charge is 0.0622 e. The molecule has 0 saturated carbocycles. The lowest BCUT2D eigenvalue weighted by Gasteiger charge is -2.14. The highest BCUT2D eigenvalue weighted by atomic mass is 14.2. The molecule has 3 aromatic carbocycles. The van der Waals surface area contributed by atoms with Crippen LogP contribution in [-0.4, -0.2) is 0 Å². The Morgan fingerprint density at radius 2 is 0.633 bits per heavy atom. The lowest BCUT2D eigenvalue weighted by atomic mass is 9.89. The molecule has 0 amide bonds. The van der Waals surface area contributed by atoms with Gasteiger partial charge in [0, 0.05) is 0 Å². The van der Waals surface area contributed by atoms with Gasteiger partial charge in [0.25, 0.3) is 0 Å². The van der Waals surface area contributed by atoms with Crippen LogP contribution in [0.1, 0.15) is 22.3 Å². The number of benzene rings is 3. The second-order valence-corrected chi connectivity index (χ2v) is 7.41. The maximum atomic E-state index is 2.25. The van der Waals surface area contributed by atoms with Gasteiger partial charge < -0.3 is 0 Å². The van der Waals surface area contributed by atoms with Crippen LogP contribution in [0.2, 0.25) is 0 Å². The zero-order valence-electron chi connectivity index (χ0n) is 16.7. The average Bonchev–Trinajstić information content (AvgIpc) is 3.52. The Labute approximate surface area is 178 Å². The lowest BCUT2D eigenvalue weighted by Crippen LogP contribution is -1.94. The average molecular weight is 383 g/mol. The van der Waals surface area contributed by atoms with Crippen molar-refractivity contribution >= 4 is 11.1 Å². The third-order valence-electron chi connectivity index (χ3n) is 5.49. The van der Waals surface area contributed by atoms with E-state index in [0.717, 1.165) is 0 Å². The fraction of sp³-hybridized carbons (Fsp3) is 0. The minimum Gasteiger partial charge on any atom is -0.0622 e. The molecule has 2 aliphatic rings. The van der Waals surface area contributed by atoms with Crippen molar-refractivity contribution in [3.05, 3.63) is 167 Å². The summed E-state index contributed by atoms with van der Waals surface area (Å²) in [7, 11) is 0. The summed E-state index contributed by atoms with van der Waals surface area (Å²) < 4.78 is 0. The van der Waals surface area contributed by atoms with Gasteiger partial charge >= 0.3 is 0 Å². The summed E-state index contributed by atoms with van der Waals surface area (Å²) in [4.78, 5) is 0. The van der Waals surface area contributed by atoms with Crippen LogP contribution in [0.15, 0.2) is 145 Å². The number of hydrogen-bond acceptors (Lipinski definition) is 0. The van der Waals surface area contributed by atoms with E-state index in [2.05, 4.69) is 134 Å². The van der Waals surface area contributed by atoms with Gasteiger partial charge in [0.05, 0.1) is 0 Å². The summed E-state index contributed by atoms with van der Waals surface area (Å²) in [5.41, 5.74) is 9.95. The lowest BCUT2D eigenvalue weighted by molar-refractivity contribution is 1.48. The molecule has 0 radical (unpaired) electrons. The number of allylic oxidation sites excluding steroid dienone is 10. The molecule has 0 heteroatoms. The molecule has 2 aliphatic carbocycles. The van der Waals surface area contributed by atoms with Gasteiger partial charge in [0.15, 0.2) is 0 Å². The molecule has 0 aromatic heterocycles. The molecule has 142 valence electrons. The Bertz CT molecular complexity index is 1100. The molecule has 30 heavy (non-hydrogen) atoms. The van der Waals surface area contributed by atoms with Crippen molar-refractivity contribution in [2.75, 3.05) is 0 Å². The molecule has 0 fully saturated rings. The fourth-order valence-corrected chi connectivity index (χ4v) is 4.09. The van der Waals surface area contributed by atoms with Crippen molar-refractivity contribution in [1.82, 2.24) is 0 Å². The quantitative estimate of drug-likeness (QED) is 0.437. The highest BCUT2D eigenvalue weighted by Gasteiger charge is 2.13. The Morgan fingerprint density at radius 1 is 0.333 bits per heavy atom. The highest BCUT2D eigenvalue weighted by molar-refractivity contribution is 5.89. The van der Waals surface area contributed by atoms with Crippen LogP contribution >= 0.6 is 0 Å². The van der Waals surface area contributed by atoms with Crippen molar-refractivity contribution in [2.24, 2.45) is 0 Å². The van der Waals surface area contributed by atoms with Crippen molar-refractivity contribution in [3.8, 4) is 0 Å². The monoisotopic (exact) mass is 382 g/mol. The second kappa shape index (κ2) is 8.23. The van der Waals surface area contributed by atoms with E-state index in [9.17, 15) is 0 Å². The predicted octanol–water partition coefficient (Wildman–Crippen LogP) is 7.54. The van der Waals surface area contributed by atoms with E-state index in [4.69, 9.17) is 0 Å². The Hall–Kier alpha value is -3.90. The van der Waals surface area contributed by atoms with Crippen LogP contribution in [0.4, 0.5) is 0 Å². The molecule has 5 rings (SSSR count). The van der Waals surface area contributed by atoms with Crippen LogP contribution in [0.25, 0.3) is 11.1 Å². The van der Waals surface area contributed by atoms with Crippen LogP contribution in [0.5, 0.6) is 0 Å². The normalized spacial score (nSPS) is 14.0. The molecule has 0 saturated heterocycles. The molecule has 0 unspecified atom stereocenters. The molecule has 0 nitrogen and oxygen atoms in total. The standard InChI is InChI=1S/C30H22/c1-3-11-23(12-4-1)29(25-15-7-8-16-25)27-19-21-28(22-20-27)30(26-17-9-10-18-26)24-13-5-2-6-14-24/h1-22H. The van der Waals surface area contributed by atoms with E-state index >= 15 is 0 Å². The smallest absolute Gasteiger partial charge is 0.00389 e. The first-order valence-corrected chi connectivity index (χ1v) is 10.3. The zero-order valence-corrected chi connectivity index (χ0v) is 16.7. The van der Waals surface area contributed by atoms with Gasteiger partial charge in [-0.1, -0.05) is 134 Å². The van der Waals surface area contributed by atoms with Crippen molar-refractivity contribution in [3.63, 3.8) is 0 Å². The van der Waals surface area contributed by atoms with Gasteiger partial charge in [-0.05, 0) is 44.5 Å². The van der Waals surface area contributed by atoms with Gasteiger partial charge in [0.2, 0.25) is 0 Å². The SMILES string of the molecule is C1=CC(=C(c2ccccc2)c2ccc(C(=C3C=CC=C3)c3ccccc3)cc2)C=C1. The third kappa shape index (κ3) is 3.56. The summed E-state index contributed by atoms with van der Waals surface area (Å²) in [5.74, 6) is 0. The maximum Gasteiger partial charge on any atom is -0.00389 e. The van der Waals surface area contributed by atoms with E-state index in [1.807, 2.05) is 0 Å². The summed E-state index contributed by atoms with van der Waals surface area (Å²) in [5, 5.41) is 0. The predicted molar refractivity (Wildman–Crippen MR) is 128 cm³/mol. The van der Waals surface area contributed by atoms with Crippen molar-refractivity contribution in [1.29, 1.82) is 0 Å². The second-order valence-electron chi connectivity index (χ2n) is 7.41. The summed E-state index contributed by atoms with van der Waals surface area (Å²) in [6.07, 6.45) is 17.1. The molecular weight excluding hydrogens is 360 g/mol. The number of hydrogen-bond donors (Lipinski definition) is 0. The Kier molecular flexibility index (Phi) is 4.98. The molecule has 0 atom stereocenters. The summed E-state index contributed by atoms with van der Waals surface area (Å²) in [6, 6.07) is 30.2. The third-order valence-corrected chi connectivity index (χ3v) is 5.49. The molecule has 0 aliphatic heterocycles. The van der Waals surface area contributed by atoms with Crippen LogP contribution in [0.3, 0.4) is 0 Å². The zero-order chi connectivity index (χ0) is 20.2. The maximum absolute atomic E-state index is 2.25. The fourth-order valence-electron chi connectivity index (χ4n) is 4.09. The summed E-state index contributed by atoms with van der Waals surface area (Å²) >= 11 is 0. The van der Waals surface area contributed by atoms with Gasteiger partial charge in [-0.2, -0.15) is 0 Å². The van der Waals surface area contributed by atoms with Crippen molar-refractivity contribution in [2.45, 2.75) is 0 Å². The van der Waals surface area contributed by atoms with E-state index in [-0.39, 0.29) is 0 Å². The molecule has 0 spiro atoms. The first-order chi connectivity index (χ1) is 14.9. The Balaban J connectivity index is 1.61. The van der Waals surface area contributed by atoms with Gasteiger partial charge in [-0.3, -0.25) is 0 Å². The van der Waals surface area contributed by atoms with Gasteiger partial charge in [0.1, 0.15) is 0 Å². The van der Waals surface area contributed by atoms with Gasteiger partial charge in [-0.25, -0.2) is 0 Å². The van der Waals surface area contributed by atoms with E-state index in [1.54, 1.807) is 0 Å². The van der Waals surface area contributed by atoms with Crippen LogP contribution in [-0.2, 0) is 0 Å². The van der Waals surface area contributed by atoms with E-state index < -0.39 is 0 Å². The van der Waals surface area contributed by atoms with Crippen molar-refractivity contribution < 1.29 is 0 Å². The Morgan fingerprint density at radius 3 is 0.967 bits per heavy atom. The minimum absolute atomic E-state index is 1.23. The molecule has 0 N–H and O–H groups in total. The topological polar surface area (TPSA) is 0 Å². The van der Waals surface area contributed by atoms with Gasteiger partial charge in [-0.15, -0.1) is 0 Å². The molecule has 3 aromatic rings. The highest BCUT2D eigenvalue weighted by Crippen LogP contribution is 2.34. The van der Waals surface area contributed by atoms with Crippen LogP contribution in [0, 0.1) is 0 Å². The van der Waals surface area contributed by atoms with E-state index in [1.165, 1.54) is 44.5 Å². The van der Waals surface area contributed by atoms with Crippen LogP contribution < -0.4 is 0 Å². The number of rotatable bonds is 4. The van der Waals surface area contributed by atoms with E-state index in [0.29, 0.717) is 0 Å². The first-order valence-electron chi connectivity index (χ1n) is 10.3. The molecular formula is C30H22. The molecule has 0 heterocycles. The molecule has 0 bridgehead atoms. The minimum atomic E-state index is 1.23. The first kappa shape index (κ1) is 18.1. The summed E-state index contributed by atoms with van der Waals surface area (Å²) in [6.45, 7) is 0.